The number of carboxylic acid groups (broad SMARTS) is 2. The number of carbonyl (C=O) groups excluding carboxylic acids is 2. The molecule has 0 saturated carbocycles. The summed E-state index contributed by atoms with van der Waals surface area (Å²) in [6, 6.07) is 0. The average molecular weight is 229 g/mol. The summed E-state index contributed by atoms with van der Waals surface area (Å²) >= 11 is 0. The molecular formula is C8H16MgN2O4. The molecule has 0 amide bonds. The van der Waals surface area contributed by atoms with Crippen LogP contribution in [0, 0.1) is 0 Å². The van der Waals surface area contributed by atoms with Gasteiger partial charge in [-0.15, -0.1) is 0 Å². The van der Waals surface area contributed by atoms with Gasteiger partial charge in [0.05, 0.1) is 0 Å². The van der Waals surface area contributed by atoms with Crippen LogP contribution in [0.4, 0.5) is 0 Å². The molecule has 0 radical (unpaired) electrons. The van der Waals surface area contributed by atoms with Gasteiger partial charge in [-0.1, -0.05) is 0 Å². The second-order valence-electron chi connectivity index (χ2n) is 2.53. The summed E-state index contributed by atoms with van der Waals surface area (Å²) in [6.45, 7) is 0.849. The van der Waals surface area contributed by atoms with Gasteiger partial charge in [0.2, 0.25) is 0 Å². The van der Waals surface area contributed by atoms with E-state index in [1.165, 1.54) is 0 Å². The van der Waals surface area contributed by atoms with Gasteiger partial charge in [0.15, 0.2) is 0 Å². The van der Waals surface area contributed by atoms with Crippen molar-refractivity contribution in [2.75, 3.05) is 13.1 Å². The molecular weight excluding hydrogens is 212 g/mol. The molecule has 0 atom stereocenters. The predicted octanol–water partition coefficient (Wildman–Crippen LogP) is -3.43. The standard InChI is InChI=1S/2C4H9NO2.Mg/c2*5-3-1-2-4(6)7;/h2*1-3,5H2,(H,6,7);/q;;+2/p-2. The Morgan fingerprint density at radius 1 is 0.867 bits per heavy atom. The van der Waals surface area contributed by atoms with Crippen LogP contribution in [-0.4, -0.2) is 48.1 Å². The van der Waals surface area contributed by atoms with Gasteiger partial charge in [-0.05, 0) is 38.8 Å². The molecule has 0 heterocycles. The van der Waals surface area contributed by atoms with E-state index in [9.17, 15) is 19.8 Å². The molecule has 0 saturated heterocycles. The van der Waals surface area contributed by atoms with Gasteiger partial charge >= 0.3 is 23.1 Å². The third kappa shape index (κ3) is 31.7. The number of carboxylic acids is 2. The third-order valence-corrected chi connectivity index (χ3v) is 1.17. The van der Waals surface area contributed by atoms with E-state index in [-0.39, 0.29) is 35.9 Å². The first kappa shape index (κ1) is 20.1. The molecule has 0 aromatic carbocycles. The minimum Gasteiger partial charge on any atom is -0.550 e. The minimum absolute atomic E-state index is 0. The van der Waals surface area contributed by atoms with Crippen molar-refractivity contribution < 1.29 is 19.8 Å². The Morgan fingerprint density at radius 2 is 1.13 bits per heavy atom. The molecule has 0 aliphatic heterocycles. The number of carbonyl (C=O) groups is 2. The molecule has 15 heavy (non-hydrogen) atoms. The largest absolute Gasteiger partial charge is 2.00 e. The first-order valence-electron chi connectivity index (χ1n) is 4.34. The van der Waals surface area contributed by atoms with Gasteiger partial charge in [-0.25, -0.2) is 0 Å². The summed E-state index contributed by atoms with van der Waals surface area (Å²) in [7, 11) is 0. The molecule has 0 spiro atoms. The normalized spacial score (nSPS) is 8.13. The summed E-state index contributed by atoms with van der Waals surface area (Å²) in [6.07, 6.45) is 1.19. The van der Waals surface area contributed by atoms with Crippen LogP contribution in [0.2, 0.25) is 0 Å². The van der Waals surface area contributed by atoms with Crippen molar-refractivity contribution in [2.24, 2.45) is 11.5 Å². The van der Waals surface area contributed by atoms with Crippen molar-refractivity contribution in [3.8, 4) is 0 Å². The van der Waals surface area contributed by atoms with Crippen LogP contribution in [-0.2, 0) is 9.59 Å². The quantitative estimate of drug-likeness (QED) is 0.455. The Hall–Kier alpha value is -0.374. The van der Waals surface area contributed by atoms with Gasteiger partial charge < -0.3 is 31.3 Å². The van der Waals surface area contributed by atoms with E-state index in [2.05, 4.69) is 0 Å². The maximum atomic E-state index is 9.59. The molecule has 0 aliphatic carbocycles. The maximum Gasteiger partial charge on any atom is 2.00 e. The van der Waals surface area contributed by atoms with Gasteiger partial charge in [-0.2, -0.15) is 0 Å². The van der Waals surface area contributed by atoms with Crippen molar-refractivity contribution in [3.05, 3.63) is 0 Å². The van der Waals surface area contributed by atoms with Crippen molar-refractivity contribution in [1.29, 1.82) is 0 Å². The average Bonchev–Trinajstić information content (AvgIpc) is 2.12. The molecule has 0 unspecified atom stereocenters. The van der Waals surface area contributed by atoms with Crippen molar-refractivity contribution in [2.45, 2.75) is 25.7 Å². The fraction of sp³-hybridized carbons (Fsp3) is 0.750. The first-order chi connectivity index (χ1) is 6.54. The molecule has 0 aromatic rings. The molecule has 0 bridgehead atoms. The van der Waals surface area contributed by atoms with E-state index < -0.39 is 11.9 Å². The number of aliphatic carboxylic acids is 2. The Morgan fingerprint density at radius 3 is 1.20 bits per heavy atom. The zero-order valence-electron chi connectivity index (χ0n) is 8.74. The zero-order chi connectivity index (χ0) is 11.4. The van der Waals surface area contributed by atoms with E-state index in [1.807, 2.05) is 0 Å². The Bertz CT molecular complexity index is 149. The van der Waals surface area contributed by atoms with Crippen LogP contribution in [0.1, 0.15) is 25.7 Å². The molecule has 0 aromatic heterocycles. The second-order valence-corrected chi connectivity index (χ2v) is 2.53. The molecule has 0 fully saturated rings. The fourth-order valence-electron chi connectivity index (χ4n) is 0.493. The van der Waals surface area contributed by atoms with Crippen LogP contribution in [0.5, 0.6) is 0 Å². The van der Waals surface area contributed by atoms with Gasteiger partial charge in [0, 0.05) is 11.9 Å². The maximum absolute atomic E-state index is 9.59. The molecule has 0 rings (SSSR count). The second kappa shape index (κ2) is 16.1. The van der Waals surface area contributed by atoms with Gasteiger partial charge in [-0.3, -0.25) is 0 Å². The van der Waals surface area contributed by atoms with Gasteiger partial charge in [0.25, 0.3) is 0 Å². The SMILES string of the molecule is NCCCC(=O)[O-].NCCCC(=O)[O-].[Mg+2]. The predicted molar refractivity (Wildman–Crippen MR) is 52.3 cm³/mol. The van der Waals surface area contributed by atoms with E-state index in [0.717, 1.165) is 0 Å². The number of rotatable bonds is 6. The van der Waals surface area contributed by atoms with E-state index >= 15 is 0 Å². The van der Waals surface area contributed by atoms with Crippen molar-refractivity contribution in [1.82, 2.24) is 0 Å². The third-order valence-electron chi connectivity index (χ3n) is 1.17. The molecule has 6 nitrogen and oxygen atoms in total. The van der Waals surface area contributed by atoms with Crippen LogP contribution in [0.15, 0.2) is 0 Å². The van der Waals surface area contributed by atoms with Crippen LogP contribution in [0.25, 0.3) is 0 Å². The molecule has 7 heteroatoms. The van der Waals surface area contributed by atoms with Crippen molar-refractivity contribution >= 4 is 35.0 Å². The molecule has 84 valence electrons. The Labute approximate surface area is 105 Å². The summed E-state index contributed by atoms with van der Waals surface area (Å²) < 4.78 is 0. The Balaban J connectivity index is -0.000000180. The topological polar surface area (TPSA) is 132 Å². The Kier molecular flexibility index (Phi) is 21.5. The van der Waals surface area contributed by atoms with Crippen LogP contribution >= 0.6 is 0 Å². The van der Waals surface area contributed by atoms with Crippen LogP contribution in [0.3, 0.4) is 0 Å². The van der Waals surface area contributed by atoms with E-state index in [1.54, 1.807) is 0 Å². The van der Waals surface area contributed by atoms with Gasteiger partial charge in [0.1, 0.15) is 0 Å². The number of nitrogens with two attached hydrogens (primary N) is 2. The summed E-state index contributed by atoms with van der Waals surface area (Å²) in [5.41, 5.74) is 9.97. The molecule has 4 N–H and O–H groups in total. The molecule has 0 aliphatic rings. The summed E-state index contributed by atoms with van der Waals surface area (Å²) in [5, 5.41) is 19.2. The smallest absolute Gasteiger partial charge is 0.550 e. The van der Waals surface area contributed by atoms with Crippen LogP contribution < -0.4 is 21.7 Å². The zero-order valence-corrected chi connectivity index (χ0v) is 10.2. The summed E-state index contributed by atoms with van der Waals surface area (Å²) in [4.78, 5) is 19.2. The van der Waals surface area contributed by atoms with Crippen molar-refractivity contribution in [3.63, 3.8) is 0 Å². The van der Waals surface area contributed by atoms with E-state index in [0.29, 0.717) is 25.9 Å². The first-order valence-corrected chi connectivity index (χ1v) is 4.34. The number of hydrogen-bond donors (Lipinski definition) is 2. The monoisotopic (exact) mass is 228 g/mol. The van der Waals surface area contributed by atoms with E-state index in [4.69, 9.17) is 11.5 Å². The fourth-order valence-corrected chi connectivity index (χ4v) is 0.493. The summed E-state index contributed by atoms with van der Waals surface area (Å²) in [5.74, 6) is -2.05. The minimum atomic E-state index is -1.02. The number of hydrogen-bond acceptors (Lipinski definition) is 6.